The van der Waals surface area contributed by atoms with Crippen molar-refractivity contribution in [2.24, 2.45) is 5.73 Å². The van der Waals surface area contributed by atoms with Crippen molar-refractivity contribution in [3.05, 3.63) is 35.4 Å². The van der Waals surface area contributed by atoms with Gasteiger partial charge < -0.3 is 10.8 Å². The highest BCUT2D eigenvalue weighted by Gasteiger charge is 2.31. The molecule has 4 N–H and O–H groups in total. The van der Waals surface area contributed by atoms with E-state index in [1.165, 1.54) is 0 Å². The number of hydrogen-bond donors (Lipinski definition) is 3. The molecule has 1 aliphatic rings. The van der Waals surface area contributed by atoms with E-state index in [-0.39, 0.29) is 24.9 Å². The number of nitrogens with one attached hydrogen (secondary N) is 1. The predicted octanol–water partition coefficient (Wildman–Crippen LogP) is -0.474. The summed E-state index contributed by atoms with van der Waals surface area (Å²) >= 11 is 0. The van der Waals surface area contributed by atoms with Crippen LogP contribution in [0.4, 0.5) is 0 Å². The first-order valence-electron chi connectivity index (χ1n) is 6.56. The van der Waals surface area contributed by atoms with E-state index in [0.717, 1.165) is 11.1 Å². The predicted molar refractivity (Wildman–Crippen MR) is 73.5 cm³/mol. The van der Waals surface area contributed by atoms with Gasteiger partial charge in [0.15, 0.2) is 0 Å². The van der Waals surface area contributed by atoms with E-state index in [9.17, 15) is 14.7 Å². The molecule has 108 valence electrons. The fraction of sp³-hybridized carbons (Fsp3) is 0.429. The van der Waals surface area contributed by atoms with Crippen molar-refractivity contribution in [3.63, 3.8) is 0 Å². The van der Waals surface area contributed by atoms with E-state index >= 15 is 0 Å². The summed E-state index contributed by atoms with van der Waals surface area (Å²) in [5.41, 5.74) is 7.25. The van der Waals surface area contributed by atoms with E-state index in [1.807, 2.05) is 24.3 Å². The number of rotatable bonds is 4. The molecule has 0 bridgehead atoms. The lowest BCUT2D eigenvalue weighted by atomic mass is 10.1. The number of piperazine rings is 1. The van der Waals surface area contributed by atoms with Crippen molar-refractivity contribution >= 4 is 11.8 Å². The molecule has 2 unspecified atom stereocenters. The number of hydrogen-bond acceptors (Lipinski definition) is 5. The van der Waals surface area contributed by atoms with Gasteiger partial charge in [-0.25, -0.2) is 0 Å². The average Bonchev–Trinajstić information content (AvgIpc) is 2.44. The Bertz CT molecular complexity index is 501. The van der Waals surface area contributed by atoms with Gasteiger partial charge in [-0.05, 0) is 18.1 Å². The molecule has 1 aromatic rings. The van der Waals surface area contributed by atoms with Crippen LogP contribution in [-0.4, -0.2) is 41.0 Å². The second-order valence-corrected chi connectivity index (χ2v) is 4.98. The number of β-amino-alcohol motifs (C(OH)–C–C–N with tert-alkyl or cyclic N) is 1. The Morgan fingerprint density at radius 3 is 2.65 bits per heavy atom. The summed E-state index contributed by atoms with van der Waals surface area (Å²) in [6, 6.07) is 6.91. The van der Waals surface area contributed by atoms with Gasteiger partial charge >= 0.3 is 0 Å². The van der Waals surface area contributed by atoms with Crippen LogP contribution in [-0.2, 0) is 16.1 Å². The lowest BCUT2D eigenvalue weighted by Crippen LogP contribution is -2.57. The van der Waals surface area contributed by atoms with Crippen LogP contribution >= 0.6 is 0 Å². The van der Waals surface area contributed by atoms with Crippen LogP contribution in [0, 0.1) is 0 Å². The molecule has 6 heteroatoms. The maximum absolute atomic E-state index is 11.5. The van der Waals surface area contributed by atoms with E-state index in [0.29, 0.717) is 6.54 Å². The highest BCUT2D eigenvalue weighted by atomic mass is 16.3. The molecule has 1 heterocycles. The standard InChI is InChI=1S/C14H19N3O3/c1-9-14(20)16-13(19)8-17(9)7-12(18)11-4-2-10(6-15)3-5-11/h2-5,9,12,18H,6-8,15H2,1H3,(H,16,19,20). The number of benzene rings is 1. The quantitative estimate of drug-likeness (QED) is 0.646. The maximum Gasteiger partial charge on any atom is 0.243 e. The zero-order valence-electron chi connectivity index (χ0n) is 11.4. The Hall–Kier alpha value is -1.76. The molecule has 0 aliphatic carbocycles. The van der Waals surface area contributed by atoms with E-state index in [1.54, 1.807) is 11.8 Å². The fourth-order valence-electron chi connectivity index (χ4n) is 2.19. The number of carbonyl (C=O) groups is 2. The molecule has 2 amide bonds. The first kappa shape index (κ1) is 14.6. The molecule has 1 saturated heterocycles. The molecular formula is C14H19N3O3. The third kappa shape index (κ3) is 3.22. The normalized spacial score (nSPS) is 21.6. The topological polar surface area (TPSA) is 95.7 Å². The van der Waals surface area contributed by atoms with Crippen molar-refractivity contribution in [2.45, 2.75) is 25.6 Å². The third-order valence-corrected chi connectivity index (χ3v) is 3.54. The van der Waals surface area contributed by atoms with Gasteiger partial charge in [-0.15, -0.1) is 0 Å². The molecule has 0 saturated carbocycles. The van der Waals surface area contributed by atoms with E-state index in [2.05, 4.69) is 5.32 Å². The molecule has 0 spiro atoms. The first-order chi connectivity index (χ1) is 9.51. The van der Waals surface area contributed by atoms with Gasteiger partial charge in [0.2, 0.25) is 11.8 Å². The zero-order chi connectivity index (χ0) is 14.7. The molecule has 1 fully saturated rings. The number of nitrogens with zero attached hydrogens (tertiary/aromatic N) is 1. The van der Waals surface area contributed by atoms with Crippen molar-refractivity contribution in [1.29, 1.82) is 0 Å². The smallest absolute Gasteiger partial charge is 0.243 e. The van der Waals surface area contributed by atoms with Crippen LogP contribution in [0.25, 0.3) is 0 Å². The third-order valence-electron chi connectivity index (χ3n) is 3.54. The lowest BCUT2D eigenvalue weighted by molar-refractivity contribution is -0.140. The van der Waals surface area contributed by atoms with Crippen LogP contribution in [0.15, 0.2) is 24.3 Å². The minimum Gasteiger partial charge on any atom is -0.387 e. The summed E-state index contributed by atoms with van der Waals surface area (Å²) in [6.07, 6.45) is -0.747. The number of carbonyl (C=O) groups excluding carboxylic acids is 2. The van der Waals surface area contributed by atoms with Crippen LogP contribution < -0.4 is 11.1 Å². The largest absolute Gasteiger partial charge is 0.387 e. The Morgan fingerprint density at radius 1 is 1.40 bits per heavy atom. The van der Waals surface area contributed by atoms with Gasteiger partial charge in [0.05, 0.1) is 18.7 Å². The number of imide groups is 1. The van der Waals surface area contributed by atoms with Gasteiger partial charge in [-0.2, -0.15) is 0 Å². The lowest BCUT2D eigenvalue weighted by Gasteiger charge is -2.33. The summed E-state index contributed by atoms with van der Waals surface area (Å²) < 4.78 is 0. The Balaban J connectivity index is 2.04. The molecule has 0 aromatic heterocycles. The van der Waals surface area contributed by atoms with E-state index < -0.39 is 12.1 Å². The van der Waals surface area contributed by atoms with Gasteiger partial charge in [0, 0.05) is 13.1 Å². The second-order valence-electron chi connectivity index (χ2n) is 4.98. The van der Waals surface area contributed by atoms with Crippen molar-refractivity contribution < 1.29 is 14.7 Å². The average molecular weight is 277 g/mol. The number of amides is 2. The number of nitrogens with two attached hydrogens (primary N) is 1. The molecule has 1 aromatic carbocycles. The van der Waals surface area contributed by atoms with Gasteiger partial charge in [0.25, 0.3) is 0 Å². The molecule has 6 nitrogen and oxygen atoms in total. The number of aliphatic hydroxyl groups is 1. The maximum atomic E-state index is 11.5. The zero-order valence-corrected chi connectivity index (χ0v) is 11.4. The van der Waals surface area contributed by atoms with Crippen LogP contribution in [0.2, 0.25) is 0 Å². The monoisotopic (exact) mass is 277 g/mol. The Kier molecular flexibility index (Phi) is 4.49. The molecule has 2 atom stereocenters. The summed E-state index contributed by atoms with van der Waals surface area (Å²) in [4.78, 5) is 24.6. The van der Waals surface area contributed by atoms with Crippen molar-refractivity contribution in [1.82, 2.24) is 10.2 Å². The fourth-order valence-corrected chi connectivity index (χ4v) is 2.19. The minimum absolute atomic E-state index is 0.116. The Morgan fingerprint density at radius 2 is 2.05 bits per heavy atom. The van der Waals surface area contributed by atoms with Crippen LogP contribution in [0.1, 0.15) is 24.2 Å². The molecule has 2 rings (SSSR count). The SMILES string of the molecule is CC1C(=O)NC(=O)CN1CC(O)c1ccc(CN)cc1. The number of aliphatic hydroxyl groups excluding tert-OH is 1. The highest BCUT2D eigenvalue weighted by Crippen LogP contribution is 2.17. The van der Waals surface area contributed by atoms with Crippen molar-refractivity contribution in [3.8, 4) is 0 Å². The second kappa shape index (κ2) is 6.13. The van der Waals surface area contributed by atoms with Gasteiger partial charge in [0.1, 0.15) is 0 Å². The van der Waals surface area contributed by atoms with Crippen molar-refractivity contribution in [2.75, 3.05) is 13.1 Å². The van der Waals surface area contributed by atoms with Crippen LogP contribution in [0.5, 0.6) is 0 Å². The molecule has 1 aliphatic heterocycles. The molecule has 0 radical (unpaired) electrons. The van der Waals surface area contributed by atoms with E-state index in [4.69, 9.17) is 5.73 Å². The summed E-state index contributed by atoms with van der Waals surface area (Å²) in [6.45, 7) is 2.52. The summed E-state index contributed by atoms with van der Waals surface area (Å²) in [5.74, 6) is -0.661. The summed E-state index contributed by atoms with van der Waals surface area (Å²) in [7, 11) is 0. The first-order valence-corrected chi connectivity index (χ1v) is 6.56. The van der Waals surface area contributed by atoms with Gasteiger partial charge in [-0.3, -0.25) is 19.8 Å². The Labute approximate surface area is 117 Å². The minimum atomic E-state index is -0.747. The molecule has 20 heavy (non-hydrogen) atoms. The summed E-state index contributed by atoms with van der Waals surface area (Å²) in [5, 5.41) is 12.5. The van der Waals surface area contributed by atoms with Crippen LogP contribution in [0.3, 0.4) is 0 Å². The highest BCUT2D eigenvalue weighted by molar-refractivity contribution is 6.00. The molecular weight excluding hydrogens is 258 g/mol. The van der Waals surface area contributed by atoms with Gasteiger partial charge in [-0.1, -0.05) is 24.3 Å².